The van der Waals surface area contributed by atoms with Gasteiger partial charge in [0.25, 0.3) is 5.91 Å². The van der Waals surface area contributed by atoms with Crippen molar-refractivity contribution in [2.45, 2.75) is 38.3 Å². The van der Waals surface area contributed by atoms with Crippen molar-refractivity contribution in [2.75, 3.05) is 14.1 Å². The molecule has 210 valence electrons. The van der Waals surface area contributed by atoms with E-state index < -0.39 is 0 Å². The molecule has 2 aromatic carbocycles. The molecule has 2 aromatic heterocycles. The smallest absolute Gasteiger partial charge is 0.271 e. The molecule has 2 N–H and O–H groups in total. The molecule has 0 saturated carbocycles. The van der Waals surface area contributed by atoms with Crippen molar-refractivity contribution in [2.24, 2.45) is 5.10 Å². The summed E-state index contributed by atoms with van der Waals surface area (Å²) in [5, 5.41) is 12.3. The van der Waals surface area contributed by atoms with E-state index in [1.165, 1.54) is 0 Å². The fraction of sp³-hybridized carbons (Fsp3) is 0.250. The molecule has 0 radical (unpaired) electrons. The van der Waals surface area contributed by atoms with E-state index in [1.54, 1.807) is 23.2 Å². The van der Waals surface area contributed by atoms with Crippen LogP contribution in [-0.4, -0.2) is 56.9 Å². The summed E-state index contributed by atoms with van der Waals surface area (Å²) in [7, 11) is 4.12. The lowest BCUT2D eigenvalue weighted by atomic mass is 9.91. The van der Waals surface area contributed by atoms with Crippen LogP contribution < -0.4 is 10.7 Å². The van der Waals surface area contributed by atoms with Crippen LogP contribution in [0.1, 0.15) is 42.1 Å². The summed E-state index contributed by atoms with van der Waals surface area (Å²) in [5.41, 5.74) is 6.74. The summed E-state index contributed by atoms with van der Waals surface area (Å²) in [5.74, 6) is -0.272. The molecule has 0 bridgehead atoms. The van der Waals surface area contributed by atoms with Gasteiger partial charge in [-0.05, 0) is 88.0 Å². The van der Waals surface area contributed by atoms with Crippen LogP contribution in [0.3, 0.4) is 0 Å². The minimum absolute atomic E-state index is 0.0124. The Morgan fingerprint density at radius 1 is 1.12 bits per heavy atom. The first-order valence-electron chi connectivity index (χ1n) is 13.7. The van der Waals surface area contributed by atoms with E-state index in [0.717, 1.165) is 34.3 Å². The van der Waals surface area contributed by atoms with E-state index in [4.69, 9.17) is 0 Å². The van der Waals surface area contributed by atoms with Crippen molar-refractivity contribution < 1.29 is 9.59 Å². The third-order valence-corrected chi connectivity index (χ3v) is 7.52. The van der Waals surface area contributed by atoms with Crippen LogP contribution in [0.4, 0.5) is 0 Å². The normalized spacial score (nSPS) is 16.8. The number of hydrogen-bond acceptors (Lipinski definition) is 5. The number of aryl methyl sites for hydroxylation is 1. The van der Waals surface area contributed by atoms with Crippen LogP contribution in [-0.2, 0) is 11.3 Å². The number of fused-ring (bicyclic) bond motifs is 1. The third kappa shape index (κ3) is 6.70. The molecule has 1 aliphatic rings. The molecule has 0 spiro atoms. The first-order valence-corrected chi connectivity index (χ1v) is 13.7. The van der Waals surface area contributed by atoms with Gasteiger partial charge in [-0.3, -0.25) is 9.59 Å². The van der Waals surface area contributed by atoms with Gasteiger partial charge in [-0.2, -0.15) is 10.2 Å². The van der Waals surface area contributed by atoms with Crippen LogP contribution in [0.2, 0.25) is 0 Å². The number of rotatable bonds is 10. The SMILES string of the molecule is CN(C)C1(C)C=CC(NC(=O)CCCn2ccc3cc(C(=O)N/N=C/c4cccc(-n5cccn5)c4)ccc32)=CC1. The standard InChI is InChI=1S/C32H35N7O2/c1-32(37(2)3)15-12-27(13-16-32)35-30(40)9-5-18-38-20-14-25-22-26(10-11-29(25)38)31(41)36-33-23-24-7-4-8-28(21-24)39-19-6-17-34-39/h4,6-8,10-15,17,19-23H,5,9,16,18H2,1-3H3,(H,35,40)(H,36,41)/b33-23+. The van der Waals surface area contributed by atoms with Crippen molar-refractivity contribution >= 4 is 28.9 Å². The van der Waals surface area contributed by atoms with E-state index >= 15 is 0 Å². The average Bonchev–Trinajstić information content (AvgIpc) is 3.65. The molecule has 9 nitrogen and oxygen atoms in total. The molecule has 4 aromatic rings. The topological polar surface area (TPSA) is 96.5 Å². The summed E-state index contributed by atoms with van der Waals surface area (Å²) in [6, 6.07) is 17.1. The summed E-state index contributed by atoms with van der Waals surface area (Å²) in [4.78, 5) is 27.4. The average molecular weight is 550 g/mol. The molecular weight excluding hydrogens is 514 g/mol. The molecule has 41 heavy (non-hydrogen) atoms. The monoisotopic (exact) mass is 549 g/mol. The van der Waals surface area contributed by atoms with Gasteiger partial charge >= 0.3 is 0 Å². The van der Waals surface area contributed by atoms with Gasteiger partial charge in [0.2, 0.25) is 5.91 Å². The molecular formula is C32H35N7O2. The Kier molecular flexibility index (Phi) is 8.26. The van der Waals surface area contributed by atoms with E-state index in [2.05, 4.69) is 63.6 Å². The van der Waals surface area contributed by atoms with Gasteiger partial charge in [0.15, 0.2) is 0 Å². The van der Waals surface area contributed by atoms with Gasteiger partial charge in [0.05, 0.1) is 11.9 Å². The summed E-state index contributed by atoms with van der Waals surface area (Å²) in [6.07, 6.45) is 15.4. The second kappa shape index (κ2) is 12.2. The molecule has 5 rings (SSSR count). The number of allylic oxidation sites excluding steroid dienone is 1. The maximum absolute atomic E-state index is 12.7. The Hall–Kier alpha value is -4.76. The van der Waals surface area contributed by atoms with Gasteiger partial charge in [0, 0.05) is 59.3 Å². The van der Waals surface area contributed by atoms with Crippen LogP contribution in [0.5, 0.6) is 0 Å². The number of benzene rings is 2. The number of likely N-dealkylation sites (N-methyl/N-ethyl adjacent to an activating group) is 1. The van der Waals surface area contributed by atoms with E-state index in [1.807, 2.05) is 67.0 Å². The highest BCUT2D eigenvalue weighted by molar-refractivity contribution is 5.98. The summed E-state index contributed by atoms with van der Waals surface area (Å²) >= 11 is 0. The lowest BCUT2D eigenvalue weighted by Crippen LogP contribution is -2.40. The number of carbonyl (C=O) groups is 2. The second-order valence-electron chi connectivity index (χ2n) is 10.6. The highest BCUT2D eigenvalue weighted by Crippen LogP contribution is 2.24. The van der Waals surface area contributed by atoms with Crippen molar-refractivity contribution in [3.63, 3.8) is 0 Å². The summed E-state index contributed by atoms with van der Waals surface area (Å²) in [6.45, 7) is 2.88. The number of aromatic nitrogens is 3. The Labute approximate surface area is 239 Å². The first kappa shape index (κ1) is 27.8. The Bertz CT molecular complexity index is 1630. The fourth-order valence-electron chi connectivity index (χ4n) is 4.72. The van der Waals surface area contributed by atoms with E-state index in [9.17, 15) is 9.59 Å². The quantitative estimate of drug-likeness (QED) is 0.222. The predicted molar refractivity (Wildman–Crippen MR) is 162 cm³/mol. The highest BCUT2D eigenvalue weighted by atomic mass is 16.2. The van der Waals surface area contributed by atoms with Gasteiger partial charge in [-0.1, -0.05) is 24.3 Å². The zero-order valence-electron chi connectivity index (χ0n) is 23.6. The number of nitrogens with zero attached hydrogens (tertiary/aromatic N) is 5. The van der Waals surface area contributed by atoms with Crippen molar-refractivity contribution in [1.29, 1.82) is 0 Å². The minimum atomic E-state index is -0.284. The largest absolute Gasteiger partial charge is 0.347 e. The van der Waals surface area contributed by atoms with Crippen LogP contribution in [0, 0.1) is 0 Å². The van der Waals surface area contributed by atoms with Crippen molar-refractivity contribution in [3.8, 4) is 5.69 Å². The highest BCUT2D eigenvalue weighted by Gasteiger charge is 2.25. The lowest BCUT2D eigenvalue weighted by Gasteiger charge is -2.35. The molecule has 0 aliphatic heterocycles. The minimum Gasteiger partial charge on any atom is -0.347 e. The zero-order valence-corrected chi connectivity index (χ0v) is 23.6. The lowest BCUT2D eigenvalue weighted by molar-refractivity contribution is -0.120. The Balaban J connectivity index is 1.12. The number of amides is 2. The van der Waals surface area contributed by atoms with Crippen LogP contribution >= 0.6 is 0 Å². The van der Waals surface area contributed by atoms with Crippen molar-refractivity contribution in [3.05, 3.63) is 108 Å². The van der Waals surface area contributed by atoms with Crippen molar-refractivity contribution in [1.82, 2.24) is 30.0 Å². The van der Waals surface area contributed by atoms with Crippen LogP contribution in [0.25, 0.3) is 16.6 Å². The number of carbonyl (C=O) groups excluding carboxylic acids is 2. The maximum atomic E-state index is 12.7. The number of hydrazone groups is 1. The molecule has 1 unspecified atom stereocenters. The van der Waals surface area contributed by atoms with Crippen LogP contribution in [0.15, 0.2) is 102 Å². The van der Waals surface area contributed by atoms with E-state index in [-0.39, 0.29) is 17.4 Å². The molecule has 0 fully saturated rings. The predicted octanol–water partition coefficient (Wildman–Crippen LogP) is 4.65. The van der Waals surface area contributed by atoms with Gasteiger partial charge < -0.3 is 14.8 Å². The molecule has 1 aliphatic carbocycles. The molecule has 2 heterocycles. The second-order valence-corrected chi connectivity index (χ2v) is 10.6. The van der Waals surface area contributed by atoms with E-state index in [0.29, 0.717) is 24.9 Å². The fourth-order valence-corrected chi connectivity index (χ4v) is 4.72. The van der Waals surface area contributed by atoms with Gasteiger partial charge in [0.1, 0.15) is 0 Å². The maximum Gasteiger partial charge on any atom is 0.271 e. The van der Waals surface area contributed by atoms with Gasteiger partial charge in [-0.25, -0.2) is 10.1 Å². The Morgan fingerprint density at radius 2 is 2.00 bits per heavy atom. The third-order valence-electron chi connectivity index (χ3n) is 7.52. The molecule has 9 heteroatoms. The molecule has 0 saturated heterocycles. The number of nitrogens with one attached hydrogen (secondary N) is 2. The Morgan fingerprint density at radius 3 is 2.76 bits per heavy atom. The molecule has 1 atom stereocenters. The first-order chi connectivity index (χ1) is 19.8. The number of hydrogen-bond donors (Lipinski definition) is 2. The van der Waals surface area contributed by atoms with Gasteiger partial charge in [-0.15, -0.1) is 0 Å². The zero-order chi connectivity index (χ0) is 28.8. The molecule has 2 amide bonds. The summed E-state index contributed by atoms with van der Waals surface area (Å²) < 4.78 is 3.87.